The summed E-state index contributed by atoms with van der Waals surface area (Å²) in [5.41, 5.74) is 19.1. The van der Waals surface area contributed by atoms with Crippen LogP contribution in [0.1, 0.15) is 116 Å². The van der Waals surface area contributed by atoms with Gasteiger partial charge in [-0.3, -0.25) is 9.55 Å². The minimum absolute atomic E-state index is 0. The standard InChI is InChI=1S/C66H66N3O2.Pt/c1-39-31-51-49-23-18-19-26-57(49)71-61(51)40(2)58(39)42-29-30-67-54(35-42)44-32-43(33-46(34-44)64(6,7)8)48-24-20-25-56-59(48)68-62(52-37-47(65(9,10)11)38-53(60(52)70)66(12,13)14)69(56)55-28-27-45(63(3,4)5)36-50(55)41-21-16-15-17-22-41;/h15-31,33-38,70H,1-14H3;/q-1;. The van der Waals surface area contributed by atoms with Crippen LogP contribution in [-0.2, 0) is 42.7 Å². The van der Waals surface area contributed by atoms with Gasteiger partial charge in [0.2, 0.25) is 0 Å². The third kappa shape index (κ3) is 9.04. The summed E-state index contributed by atoms with van der Waals surface area (Å²) < 4.78 is 8.77. The van der Waals surface area contributed by atoms with Crippen molar-refractivity contribution in [3.63, 3.8) is 0 Å². The largest absolute Gasteiger partial charge is 0.507 e. The van der Waals surface area contributed by atoms with Crippen molar-refractivity contribution in [3.05, 3.63) is 179 Å². The van der Waals surface area contributed by atoms with E-state index < -0.39 is 0 Å². The van der Waals surface area contributed by atoms with E-state index in [0.29, 0.717) is 11.4 Å². The van der Waals surface area contributed by atoms with Crippen LogP contribution < -0.4 is 0 Å². The third-order valence-electron chi connectivity index (χ3n) is 14.4. The van der Waals surface area contributed by atoms with Crippen molar-refractivity contribution in [1.29, 1.82) is 0 Å². The van der Waals surface area contributed by atoms with Crippen LogP contribution in [0.3, 0.4) is 0 Å². The molecule has 0 bridgehead atoms. The number of hydrogen-bond acceptors (Lipinski definition) is 4. The summed E-state index contributed by atoms with van der Waals surface area (Å²) in [4.78, 5) is 10.8. The van der Waals surface area contributed by atoms with Crippen LogP contribution in [0.4, 0.5) is 0 Å². The van der Waals surface area contributed by atoms with Crippen LogP contribution >= 0.6 is 0 Å². The van der Waals surface area contributed by atoms with Crippen molar-refractivity contribution in [2.45, 2.75) is 119 Å². The number of phenols is 1. The normalized spacial score (nSPS) is 12.5. The van der Waals surface area contributed by atoms with Crippen molar-refractivity contribution >= 4 is 33.0 Å². The molecule has 0 radical (unpaired) electrons. The van der Waals surface area contributed by atoms with Crippen molar-refractivity contribution in [1.82, 2.24) is 14.5 Å². The molecule has 5 nitrogen and oxygen atoms in total. The molecule has 10 aromatic rings. The van der Waals surface area contributed by atoms with E-state index in [9.17, 15) is 5.11 Å². The number of aryl methyl sites for hydroxylation is 2. The Balaban J connectivity index is 0.00000640. The number of hydrogen-bond donors (Lipinski definition) is 1. The number of benzene rings is 7. The van der Waals surface area contributed by atoms with Crippen molar-refractivity contribution in [3.8, 4) is 67.5 Å². The average Bonchev–Trinajstić information content (AvgIpc) is 3.89. The second kappa shape index (κ2) is 18.2. The van der Waals surface area contributed by atoms with Gasteiger partial charge in [-0.05, 0) is 111 Å². The number of para-hydroxylation sites is 2. The van der Waals surface area contributed by atoms with Gasteiger partial charge in [-0.1, -0.05) is 173 Å². The van der Waals surface area contributed by atoms with E-state index in [1.165, 1.54) is 11.1 Å². The molecule has 0 atom stereocenters. The van der Waals surface area contributed by atoms with E-state index in [-0.39, 0.29) is 48.5 Å². The van der Waals surface area contributed by atoms with E-state index in [2.05, 4.69) is 229 Å². The molecule has 0 saturated heterocycles. The van der Waals surface area contributed by atoms with Gasteiger partial charge >= 0.3 is 0 Å². The zero-order valence-electron chi connectivity index (χ0n) is 44.3. The third-order valence-corrected chi connectivity index (χ3v) is 14.4. The molecule has 0 aliphatic carbocycles. The van der Waals surface area contributed by atoms with Gasteiger partial charge in [-0.15, -0.1) is 29.3 Å². The first-order valence-corrected chi connectivity index (χ1v) is 25.0. The molecule has 6 heteroatoms. The van der Waals surface area contributed by atoms with Crippen LogP contribution in [0.5, 0.6) is 5.75 Å². The first-order valence-electron chi connectivity index (χ1n) is 25.0. The number of nitrogens with zero attached hydrogens (tertiary/aromatic N) is 3. The molecule has 1 N–H and O–H groups in total. The summed E-state index contributed by atoms with van der Waals surface area (Å²) in [5.74, 6) is 0.923. The van der Waals surface area contributed by atoms with Crippen LogP contribution in [0.15, 0.2) is 144 Å². The Bertz CT molecular complexity index is 3710. The second-order valence-electron chi connectivity index (χ2n) is 23.8. The number of pyridine rings is 1. The maximum absolute atomic E-state index is 12.6. The van der Waals surface area contributed by atoms with E-state index in [4.69, 9.17) is 14.4 Å². The monoisotopic (exact) mass is 1130 g/mol. The fourth-order valence-corrected chi connectivity index (χ4v) is 10.2. The van der Waals surface area contributed by atoms with E-state index in [1.54, 1.807) is 0 Å². The number of furan rings is 1. The topological polar surface area (TPSA) is 64.1 Å². The van der Waals surface area contributed by atoms with Gasteiger partial charge in [0.15, 0.2) is 0 Å². The van der Waals surface area contributed by atoms with Crippen molar-refractivity contribution in [2.75, 3.05) is 0 Å². The van der Waals surface area contributed by atoms with E-state index in [0.717, 1.165) is 106 Å². The van der Waals surface area contributed by atoms with Gasteiger partial charge in [0, 0.05) is 60.4 Å². The molecule has 3 heterocycles. The molecule has 3 aromatic heterocycles. The van der Waals surface area contributed by atoms with Gasteiger partial charge < -0.3 is 9.52 Å². The fourth-order valence-electron chi connectivity index (χ4n) is 10.2. The fraction of sp³-hybridized carbons (Fsp3) is 0.273. The molecule has 10 rings (SSSR count). The van der Waals surface area contributed by atoms with Gasteiger partial charge in [-0.25, -0.2) is 4.98 Å². The van der Waals surface area contributed by atoms with Gasteiger partial charge in [-0.2, -0.15) is 0 Å². The summed E-state index contributed by atoms with van der Waals surface area (Å²) in [7, 11) is 0. The SMILES string of the molecule is Cc1cc2c(oc3ccccc32)c(C)c1-c1ccnc(-c2[c-]c(-c3cccc4c3nc(-c3cc(C(C)(C)C)cc(C(C)(C)C)c3O)n4-c3ccc(C(C)(C)C)cc3-c3ccccc3)cc(C(C)(C)C)c2)c1.[Pt]. The van der Waals surface area contributed by atoms with Crippen molar-refractivity contribution < 1.29 is 30.6 Å². The zero-order chi connectivity index (χ0) is 50.5. The molecule has 0 aliphatic rings. The zero-order valence-corrected chi connectivity index (χ0v) is 46.6. The molecule has 0 unspecified atom stereocenters. The number of fused-ring (bicyclic) bond motifs is 4. The molecule has 368 valence electrons. The predicted octanol–water partition coefficient (Wildman–Crippen LogP) is 18.0. The molecule has 7 aromatic carbocycles. The molecule has 0 saturated carbocycles. The summed E-state index contributed by atoms with van der Waals surface area (Å²) in [6.45, 7) is 31.1. The van der Waals surface area contributed by atoms with Crippen LogP contribution in [0, 0.1) is 19.9 Å². The quantitative estimate of drug-likeness (QED) is 0.169. The summed E-state index contributed by atoms with van der Waals surface area (Å²) in [5, 5.41) is 14.9. The van der Waals surface area contributed by atoms with Crippen molar-refractivity contribution in [2.24, 2.45) is 0 Å². The Kier molecular flexibility index (Phi) is 12.7. The van der Waals surface area contributed by atoms with E-state index in [1.807, 2.05) is 18.3 Å². The molecule has 0 aliphatic heterocycles. The number of aromatic nitrogens is 3. The molecular weight excluding hydrogens is 1060 g/mol. The van der Waals surface area contributed by atoms with Crippen LogP contribution in [-0.4, -0.2) is 19.6 Å². The summed E-state index contributed by atoms with van der Waals surface area (Å²) in [6, 6.07) is 51.5. The number of aromatic hydroxyl groups is 1. The molecule has 0 fully saturated rings. The molecular formula is C66H66N3O2Pt-. The van der Waals surface area contributed by atoms with Gasteiger partial charge in [0.05, 0.1) is 22.3 Å². The number of rotatable bonds is 6. The Morgan fingerprint density at radius 3 is 1.90 bits per heavy atom. The molecule has 0 amide bonds. The van der Waals surface area contributed by atoms with Gasteiger partial charge in [0.25, 0.3) is 0 Å². The average molecular weight is 1130 g/mol. The maximum atomic E-state index is 12.6. The number of phenolic OH excluding ortho intramolecular Hbond substituents is 1. The smallest absolute Gasteiger partial charge is 0.148 e. The first kappa shape index (κ1) is 50.4. The Morgan fingerprint density at radius 2 is 1.21 bits per heavy atom. The second-order valence-corrected chi connectivity index (χ2v) is 23.8. The summed E-state index contributed by atoms with van der Waals surface area (Å²) >= 11 is 0. The Morgan fingerprint density at radius 1 is 0.556 bits per heavy atom. The molecule has 72 heavy (non-hydrogen) atoms. The summed E-state index contributed by atoms with van der Waals surface area (Å²) in [6.07, 6.45) is 1.91. The van der Waals surface area contributed by atoms with Crippen LogP contribution in [0.2, 0.25) is 0 Å². The molecule has 0 spiro atoms. The minimum Gasteiger partial charge on any atom is -0.507 e. The first-order chi connectivity index (χ1) is 33.5. The Labute approximate surface area is 440 Å². The van der Waals surface area contributed by atoms with E-state index >= 15 is 0 Å². The predicted molar refractivity (Wildman–Crippen MR) is 298 cm³/mol. The maximum Gasteiger partial charge on any atom is 0.148 e. The van der Waals surface area contributed by atoms with Crippen LogP contribution in [0.25, 0.3) is 94.7 Å². The van der Waals surface area contributed by atoms with Gasteiger partial charge in [0.1, 0.15) is 22.7 Å². The number of imidazole rings is 1. The minimum atomic E-state index is -0.340. The Hall–Kier alpha value is -6.55.